The van der Waals surface area contributed by atoms with Crippen LogP contribution in [0.25, 0.3) is 0 Å². The van der Waals surface area contributed by atoms with Crippen molar-refractivity contribution in [1.29, 1.82) is 0 Å². The van der Waals surface area contributed by atoms with E-state index in [0.29, 0.717) is 14.6 Å². The van der Waals surface area contributed by atoms with Crippen molar-refractivity contribution in [3.05, 3.63) is 56.5 Å². The lowest BCUT2D eigenvalue weighted by Crippen LogP contribution is -2.14. The lowest BCUT2D eigenvalue weighted by Gasteiger charge is -2.13. The molecule has 0 heterocycles. The van der Waals surface area contributed by atoms with Crippen molar-refractivity contribution in [1.82, 2.24) is 0 Å². The fourth-order valence-electron chi connectivity index (χ4n) is 1.74. The molecule has 0 saturated heterocycles. The predicted octanol–water partition coefficient (Wildman–Crippen LogP) is 4.63. The fraction of sp³-hybridized carbons (Fsp3) is 0.143. The summed E-state index contributed by atoms with van der Waals surface area (Å²) in [4.78, 5) is 0.202. The van der Waals surface area contributed by atoms with Gasteiger partial charge in [0, 0.05) is 8.95 Å². The third-order valence-corrected chi connectivity index (χ3v) is 5.88. The van der Waals surface area contributed by atoms with Crippen molar-refractivity contribution in [3.8, 4) is 0 Å². The van der Waals surface area contributed by atoms with Crippen LogP contribution in [0, 0.1) is 13.8 Å². The van der Waals surface area contributed by atoms with Gasteiger partial charge in [0.15, 0.2) is 0 Å². The molecule has 0 bridgehead atoms. The Hall–Kier alpha value is -0.850. The van der Waals surface area contributed by atoms with E-state index in [1.807, 2.05) is 26.0 Å². The molecule has 6 heteroatoms. The molecule has 0 aliphatic heterocycles. The first-order valence-corrected chi connectivity index (χ1v) is 8.92. The normalized spacial score (nSPS) is 11.4. The molecule has 0 aliphatic carbocycles. The molecular formula is C14H13Br2NO2S. The van der Waals surface area contributed by atoms with Crippen LogP contribution in [0.3, 0.4) is 0 Å². The molecule has 20 heavy (non-hydrogen) atoms. The number of nitrogens with one attached hydrogen (secondary N) is 1. The highest BCUT2D eigenvalue weighted by Gasteiger charge is 2.19. The molecule has 0 radical (unpaired) electrons. The summed E-state index contributed by atoms with van der Waals surface area (Å²) in [5.41, 5.74) is 2.55. The smallest absolute Gasteiger partial charge is 0.263 e. The Kier molecular flexibility index (Phi) is 4.56. The first-order chi connectivity index (χ1) is 9.31. The van der Waals surface area contributed by atoms with Gasteiger partial charge in [0.2, 0.25) is 0 Å². The van der Waals surface area contributed by atoms with Gasteiger partial charge in [0.25, 0.3) is 10.0 Å². The highest BCUT2D eigenvalue weighted by atomic mass is 79.9. The zero-order valence-electron chi connectivity index (χ0n) is 10.9. The van der Waals surface area contributed by atoms with Crippen LogP contribution in [0.4, 0.5) is 5.69 Å². The first-order valence-electron chi connectivity index (χ1n) is 5.85. The van der Waals surface area contributed by atoms with Crippen LogP contribution < -0.4 is 4.72 Å². The average molecular weight is 419 g/mol. The Bertz CT molecular complexity index is 758. The minimum absolute atomic E-state index is 0.202. The molecule has 0 fully saturated rings. The van der Waals surface area contributed by atoms with Crippen LogP contribution in [-0.2, 0) is 10.0 Å². The second kappa shape index (κ2) is 5.87. The Balaban J connectivity index is 2.46. The Morgan fingerprint density at radius 3 is 2.45 bits per heavy atom. The summed E-state index contributed by atoms with van der Waals surface area (Å²) in [5.74, 6) is 0. The summed E-state index contributed by atoms with van der Waals surface area (Å²) in [6.45, 7) is 3.84. The maximum Gasteiger partial charge on any atom is 0.263 e. The van der Waals surface area contributed by atoms with Crippen LogP contribution in [0.5, 0.6) is 0 Å². The third kappa shape index (κ3) is 3.24. The minimum atomic E-state index is -3.63. The van der Waals surface area contributed by atoms with Crippen molar-refractivity contribution >= 4 is 47.6 Å². The molecule has 0 aliphatic rings. The van der Waals surface area contributed by atoms with E-state index in [-0.39, 0.29) is 4.90 Å². The Morgan fingerprint density at radius 1 is 1.05 bits per heavy atom. The second-order valence-electron chi connectivity index (χ2n) is 4.43. The van der Waals surface area contributed by atoms with Gasteiger partial charge < -0.3 is 0 Å². The van der Waals surface area contributed by atoms with E-state index in [9.17, 15) is 8.42 Å². The molecule has 2 rings (SSSR count). The van der Waals surface area contributed by atoms with Gasteiger partial charge in [-0.05, 0) is 65.2 Å². The molecule has 2 aromatic rings. The highest BCUT2D eigenvalue weighted by molar-refractivity contribution is 9.11. The summed E-state index contributed by atoms with van der Waals surface area (Å²) < 4.78 is 28.8. The van der Waals surface area contributed by atoms with E-state index in [1.54, 1.807) is 24.3 Å². The van der Waals surface area contributed by atoms with E-state index < -0.39 is 10.0 Å². The SMILES string of the molecule is Cc1cccc(NS(=O)(=O)c2cc(Br)ccc2Br)c1C. The van der Waals surface area contributed by atoms with Gasteiger partial charge in [-0.1, -0.05) is 28.1 Å². The minimum Gasteiger partial charge on any atom is -0.279 e. The van der Waals surface area contributed by atoms with Crippen LogP contribution in [0.2, 0.25) is 0 Å². The monoisotopic (exact) mass is 417 g/mol. The summed E-state index contributed by atoms with van der Waals surface area (Å²) in [5, 5.41) is 0. The predicted molar refractivity (Wildman–Crippen MR) is 88.6 cm³/mol. The number of benzene rings is 2. The molecule has 0 amide bonds. The Morgan fingerprint density at radius 2 is 1.75 bits per heavy atom. The maximum atomic E-state index is 12.5. The summed E-state index contributed by atoms with van der Waals surface area (Å²) >= 11 is 6.56. The lowest BCUT2D eigenvalue weighted by atomic mass is 10.1. The number of halogens is 2. The van der Waals surface area contributed by atoms with Crippen LogP contribution in [0.15, 0.2) is 50.2 Å². The average Bonchev–Trinajstić information content (AvgIpc) is 2.37. The van der Waals surface area contributed by atoms with Crippen LogP contribution in [0.1, 0.15) is 11.1 Å². The summed E-state index contributed by atoms with van der Waals surface area (Å²) in [6.07, 6.45) is 0. The molecule has 106 valence electrons. The molecule has 0 spiro atoms. The molecule has 0 unspecified atom stereocenters. The van der Waals surface area contributed by atoms with Gasteiger partial charge in [-0.3, -0.25) is 4.72 Å². The number of anilines is 1. The van der Waals surface area contributed by atoms with Crippen molar-refractivity contribution in [3.63, 3.8) is 0 Å². The number of rotatable bonds is 3. The van der Waals surface area contributed by atoms with E-state index >= 15 is 0 Å². The first kappa shape index (κ1) is 15.5. The summed E-state index contributed by atoms with van der Waals surface area (Å²) in [6, 6.07) is 10.6. The number of sulfonamides is 1. The molecule has 0 aromatic heterocycles. The molecular weight excluding hydrogens is 406 g/mol. The zero-order valence-corrected chi connectivity index (χ0v) is 14.9. The van der Waals surface area contributed by atoms with Gasteiger partial charge in [0.1, 0.15) is 4.90 Å². The van der Waals surface area contributed by atoms with Gasteiger partial charge in [-0.25, -0.2) is 8.42 Å². The van der Waals surface area contributed by atoms with Crippen molar-refractivity contribution < 1.29 is 8.42 Å². The van der Waals surface area contributed by atoms with E-state index in [4.69, 9.17) is 0 Å². The van der Waals surface area contributed by atoms with Crippen molar-refractivity contribution in [2.45, 2.75) is 18.7 Å². The standard InChI is InChI=1S/C14H13Br2NO2S/c1-9-4-3-5-13(10(9)2)17-20(18,19)14-8-11(15)6-7-12(14)16/h3-8,17H,1-2H3. The van der Waals surface area contributed by atoms with Crippen molar-refractivity contribution in [2.75, 3.05) is 4.72 Å². The molecule has 1 N–H and O–H groups in total. The van der Waals surface area contributed by atoms with Gasteiger partial charge in [-0.15, -0.1) is 0 Å². The van der Waals surface area contributed by atoms with Gasteiger partial charge in [-0.2, -0.15) is 0 Å². The molecule has 3 nitrogen and oxygen atoms in total. The quantitative estimate of drug-likeness (QED) is 0.789. The maximum absolute atomic E-state index is 12.5. The summed E-state index contributed by atoms with van der Waals surface area (Å²) in [7, 11) is -3.63. The van der Waals surface area contributed by atoms with Crippen LogP contribution in [-0.4, -0.2) is 8.42 Å². The number of hydrogen-bond acceptors (Lipinski definition) is 2. The molecule has 2 aromatic carbocycles. The highest BCUT2D eigenvalue weighted by Crippen LogP contribution is 2.28. The zero-order chi connectivity index (χ0) is 14.9. The second-order valence-corrected chi connectivity index (χ2v) is 7.85. The largest absolute Gasteiger partial charge is 0.279 e. The molecule has 0 saturated carbocycles. The van der Waals surface area contributed by atoms with Crippen LogP contribution >= 0.6 is 31.9 Å². The number of aryl methyl sites for hydroxylation is 1. The van der Waals surface area contributed by atoms with E-state index in [1.165, 1.54) is 0 Å². The van der Waals surface area contributed by atoms with Gasteiger partial charge >= 0.3 is 0 Å². The van der Waals surface area contributed by atoms with E-state index in [0.717, 1.165) is 11.1 Å². The van der Waals surface area contributed by atoms with E-state index in [2.05, 4.69) is 36.6 Å². The lowest BCUT2D eigenvalue weighted by molar-refractivity contribution is 0.600. The fourth-order valence-corrected chi connectivity index (χ4v) is 4.37. The molecule has 0 atom stereocenters. The van der Waals surface area contributed by atoms with Crippen molar-refractivity contribution in [2.24, 2.45) is 0 Å². The number of hydrogen-bond donors (Lipinski definition) is 1. The van der Waals surface area contributed by atoms with Gasteiger partial charge in [0.05, 0.1) is 5.69 Å². The topological polar surface area (TPSA) is 46.2 Å². The Labute approximate surface area is 135 Å². The third-order valence-electron chi connectivity index (χ3n) is 3.03.